The van der Waals surface area contributed by atoms with Crippen molar-refractivity contribution in [2.75, 3.05) is 18.7 Å². The highest BCUT2D eigenvalue weighted by Crippen LogP contribution is 2.32. The fourth-order valence-corrected chi connectivity index (χ4v) is 3.58. The Kier molecular flexibility index (Phi) is 5.75. The predicted octanol–water partition coefficient (Wildman–Crippen LogP) is 3.29. The molecule has 1 fully saturated rings. The smallest absolute Gasteiger partial charge is 0.322 e. The molecular formula is C20H22N6O3S. The number of nitrogens with zero attached hydrogens (tertiary/aromatic N) is 5. The topological polar surface area (TPSA) is 105 Å². The van der Waals surface area contributed by atoms with Crippen LogP contribution >= 0.6 is 11.8 Å². The van der Waals surface area contributed by atoms with Crippen molar-refractivity contribution in [2.24, 2.45) is 0 Å². The first-order valence-corrected chi connectivity index (χ1v) is 10.7. The zero-order valence-corrected chi connectivity index (χ0v) is 17.5. The summed E-state index contributed by atoms with van der Waals surface area (Å²) in [5, 5.41) is 25.1. The van der Waals surface area contributed by atoms with Crippen LogP contribution in [0.25, 0.3) is 5.69 Å². The summed E-state index contributed by atoms with van der Waals surface area (Å²) in [6.07, 6.45) is 3.86. The Morgan fingerprint density at radius 3 is 2.90 bits per heavy atom. The molecule has 0 radical (unpaired) electrons. The van der Waals surface area contributed by atoms with Gasteiger partial charge < -0.3 is 20.1 Å². The molecule has 1 aliphatic rings. The molecule has 30 heavy (non-hydrogen) atoms. The molecule has 0 aliphatic heterocycles. The highest BCUT2D eigenvalue weighted by atomic mass is 32.2. The Bertz CT molecular complexity index is 1050. The van der Waals surface area contributed by atoms with Gasteiger partial charge in [0.1, 0.15) is 0 Å². The van der Waals surface area contributed by atoms with E-state index in [9.17, 15) is 9.90 Å². The number of amides is 2. The fraction of sp³-hybridized carbons (Fsp3) is 0.300. The lowest BCUT2D eigenvalue weighted by Gasteiger charge is -2.23. The van der Waals surface area contributed by atoms with Gasteiger partial charge in [-0.1, -0.05) is 23.9 Å². The highest BCUT2D eigenvalue weighted by molar-refractivity contribution is 7.98. The number of carbonyl (C=O) groups is 1. The number of methoxy groups -OCH3 is 1. The summed E-state index contributed by atoms with van der Waals surface area (Å²) >= 11 is 1.44. The molecular weight excluding hydrogens is 404 g/mol. The monoisotopic (exact) mass is 426 g/mol. The van der Waals surface area contributed by atoms with Crippen LogP contribution in [-0.4, -0.2) is 55.7 Å². The third-order valence-corrected chi connectivity index (χ3v) is 5.43. The molecule has 0 atom stereocenters. The SMILES string of the molecule is COc1cc(CN(C(=O)Nc2cccc(-n3nnnc3SC)c2)C2CC2)ccc1O. The Morgan fingerprint density at radius 2 is 2.17 bits per heavy atom. The molecule has 9 nitrogen and oxygen atoms in total. The number of ether oxygens (including phenoxy) is 1. The molecule has 1 heterocycles. The summed E-state index contributed by atoms with van der Waals surface area (Å²) in [5.74, 6) is 0.468. The average Bonchev–Trinajstić information content (AvgIpc) is 3.48. The van der Waals surface area contributed by atoms with Crippen LogP contribution in [0.5, 0.6) is 11.5 Å². The first kappa shape index (κ1) is 20.0. The number of hydrogen-bond acceptors (Lipinski definition) is 7. The molecule has 2 N–H and O–H groups in total. The maximum absolute atomic E-state index is 13.0. The molecule has 0 saturated heterocycles. The van der Waals surface area contributed by atoms with E-state index in [0.29, 0.717) is 23.1 Å². The molecule has 4 rings (SSSR count). The largest absolute Gasteiger partial charge is 0.504 e. The number of benzene rings is 2. The Labute approximate surface area is 178 Å². The number of urea groups is 1. The van der Waals surface area contributed by atoms with Gasteiger partial charge in [0.2, 0.25) is 5.16 Å². The van der Waals surface area contributed by atoms with Gasteiger partial charge in [-0.25, -0.2) is 4.79 Å². The van der Waals surface area contributed by atoms with Gasteiger partial charge in [-0.2, -0.15) is 4.68 Å². The number of aromatic hydroxyl groups is 1. The van der Waals surface area contributed by atoms with E-state index >= 15 is 0 Å². The van der Waals surface area contributed by atoms with E-state index in [1.54, 1.807) is 22.9 Å². The molecule has 1 aliphatic carbocycles. The average molecular weight is 427 g/mol. The quantitative estimate of drug-likeness (QED) is 0.559. The third kappa shape index (κ3) is 4.33. The van der Waals surface area contributed by atoms with Crippen LogP contribution < -0.4 is 10.1 Å². The van der Waals surface area contributed by atoms with Gasteiger partial charge in [-0.3, -0.25) is 0 Å². The van der Waals surface area contributed by atoms with Crippen molar-refractivity contribution in [1.29, 1.82) is 0 Å². The number of phenolic OH excluding ortho intramolecular Hbond substituents is 1. The van der Waals surface area contributed by atoms with Gasteiger partial charge >= 0.3 is 6.03 Å². The molecule has 156 valence electrons. The van der Waals surface area contributed by atoms with Crippen molar-refractivity contribution in [1.82, 2.24) is 25.1 Å². The molecule has 0 unspecified atom stereocenters. The van der Waals surface area contributed by atoms with Crippen molar-refractivity contribution in [2.45, 2.75) is 30.6 Å². The number of anilines is 1. The Hall–Kier alpha value is -3.27. The van der Waals surface area contributed by atoms with Gasteiger partial charge in [0.05, 0.1) is 12.8 Å². The number of thioether (sulfide) groups is 1. The molecule has 2 aromatic carbocycles. The van der Waals surface area contributed by atoms with Crippen molar-refractivity contribution < 1.29 is 14.6 Å². The number of tetrazole rings is 1. The zero-order valence-electron chi connectivity index (χ0n) is 16.6. The second-order valence-corrected chi connectivity index (χ2v) is 7.70. The van der Waals surface area contributed by atoms with E-state index in [-0.39, 0.29) is 17.8 Å². The van der Waals surface area contributed by atoms with E-state index < -0.39 is 0 Å². The maximum Gasteiger partial charge on any atom is 0.322 e. The summed E-state index contributed by atoms with van der Waals surface area (Å²) in [6.45, 7) is 0.427. The van der Waals surface area contributed by atoms with Crippen LogP contribution in [0.15, 0.2) is 47.6 Å². The number of nitrogens with one attached hydrogen (secondary N) is 1. The summed E-state index contributed by atoms with van der Waals surface area (Å²) in [6, 6.07) is 12.6. The normalized spacial score (nSPS) is 13.1. The number of rotatable bonds is 7. The van der Waals surface area contributed by atoms with Crippen LogP contribution in [0.2, 0.25) is 0 Å². The van der Waals surface area contributed by atoms with Gasteiger partial charge in [-0.05, 0) is 65.4 Å². The minimum Gasteiger partial charge on any atom is -0.504 e. The Morgan fingerprint density at radius 1 is 1.33 bits per heavy atom. The van der Waals surface area contributed by atoms with Gasteiger partial charge in [0, 0.05) is 18.3 Å². The van der Waals surface area contributed by atoms with Crippen LogP contribution in [0, 0.1) is 0 Å². The molecule has 1 aromatic heterocycles. The van der Waals surface area contributed by atoms with E-state index in [1.165, 1.54) is 18.9 Å². The first-order valence-electron chi connectivity index (χ1n) is 9.45. The number of hydrogen-bond donors (Lipinski definition) is 2. The van der Waals surface area contributed by atoms with Crippen molar-refractivity contribution in [3.63, 3.8) is 0 Å². The van der Waals surface area contributed by atoms with E-state index in [4.69, 9.17) is 4.74 Å². The minimum atomic E-state index is -0.177. The molecule has 1 saturated carbocycles. The molecule has 2 amide bonds. The standard InChI is InChI=1S/C20H22N6O3S/c1-29-18-10-13(6-9-17(18)27)12-25(15-7-8-15)19(28)21-14-4-3-5-16(11-14)26-20(30-2)22-23-24-26/h3-6,9-11,15,27H,7-8,12H2,1-2H3,(H,21,28). The molecule has 10 heteroatoms. The minimum absolute atomic E-state index is 0.0766. The van der Waals surface area contributed by atoms with Crippen LogP contribution in [0.3, 0.4) is 0 Å². The summed E-state index contributed by atoms with van der Waals surface area (Å²) in [7, 11) is 1.50. The number of aromatic nitrogens is 4. The van der Waals surface area contributed by atoms with Gasteiger partial charge in [0.25, 0.3) is 0 Å². The number of phenols is 1. The van der Waals surface area contributed by atoms with Crippen molar-refractivity contribution >= 4 is 23.5 Å². The van der Waals surface area contributed by atoms with Crippen LogP contribution in [-0.2, 0) is 6.54 Å². The first-order chi connectivity index (χ1) is 14.6. The van der Waals surface area contributed by atoms with Gasteiger partial charge in [-0.15, -0.1) is 5.10 Å². The molecule has 3 aromatic rings. The highest BCUT2D eigenvalue weighted by Gasteiger charge is 2.32. The molecule has 0 spiro atoms. The lowest BCUT2D eigenvalue weighted by Crippen LogP contribution is -2.36. The van der Waals surface area contributed by atoms with E-state index in [1.807, 2.05) is 35.4 Å². The fourth-order valence-electron chi connectivity index (χ4n) is 3.15. The third-order valence-electron chi connectivity index (χ3n) is 4.81. The zero-order chi connectivity index (χ0) is 21.1. The summed E-state index contributed by atoms with van der Waals surface area (Å²) in [5.41, 5.74) is 2.32. The van der Waals surface area contributed by atoms with Crippen LogP contribution in [0.1, 0.15) is 18.4 Å². The Balaban J connectivity index is 1.51. The second-order valence-electron chi connectivity index (χ2n) is 6.92. The van der Waals surface area contributed by atoms with Gasteiger partial charge in [0.15, 0.2) is 11.5 Å². The van der Waals surface area contributed by atoms with Crippen molar-refractivity contribution in [3.8, 4) is 17.2 Å². The molecule has 0 bridgehead atoms. The maximum atomic E-state index is 13.0. The second kappa shape index (κ2) is 8.62. The predicted molar refractivity (Wildman–Crippen MR) is 113 cm³/mol. The summed E-state index contributed by atoms with van der Waals surface area (Å²) < 4.78 is 6.80. The van der Waals surface area contributed by atoms with E-state index in [2.05, 4.69) is 20.8 Å². The van der Waals surface area contributed by atoms with Crippen molar-refractivity contribution in [3.05, 3.63) is 48.0 Å². The lowest BCUT2D eigenvalue weighted by molar-refractivity contribution is 0.206. The van der Waals surface area contributed by atoms with E-state index in [0.717, 1.165) is 24.1 Å². The number of carbonyl (C=O) groups excluding carboxylic acids is 1. The lowest BCUT2D eigenvalue weighted by atomic mass is 10.2. The summed E-state index contributed by atoms with van der Waals surface area (Å²) in [4.78, 5) is 14.8. The van der Waals surface area contributed by atoms with Crippen LogP contribution in [0.4, 0.5) is 10.5 Å².